The van der Waals surface area contributed by atoms with Crippen molar-refractivity contribution >= 4 is 11.9 Å². The summed E-state index contributed by atoms with van der Waals surface area (Å²) in [4.78, 5) is 15.5. The fourth-order valence-corrected chi connectivity index (χ4v) is 1.43. The first kappa shape index (κ1) is 12.0. The summed E-state index contributed by atoms with van der Waals surface area (Å²) in [6.45, 7) is 0. The van der Waals surface area contributed by atoms with Gasteiger partial charge in [-0.2, -0.15) is 0 Å². The van der Waals surface area contributed by atoms with Crippen molar-refractivity contribution in [2.75, 3.05) is 0 Å². The predicted molar refractivity (Wildman–Crippen MR) is 65.7 cm³/mol. The highest BCUT2D eigenvalue weighted by molar-refractivity contribution is 6.06. The summed E-state index contributed by atoms with van der Waals surface area (Å²) in [5, 5.41) is 9.48. The number of halogens is 1. The van der Waals surface area contributed by atoms with Crippen LogP contribution in [0.2, 0.25) is 0 Å². The molecular formula is C14H10FNO2. The Hall–Kier alpha value is -2.49. The van der Waals surface area contributed by atoms with E-state index in [1.807, 2.05) is 0 Å². The molecular weight excluding hydrogens is 233 g/mol. The van der Waals surface area contributed by atoms with Crippen LogP contribution in [-0.4, -0.2) is 15.9 Å². The van der Waals surface area contributed by atoms with Crippen LogP contribution in [0.3, 0.4) is 0 Å². The lowest BCUT2D eigenvalue weighted by Crippen LogP contribution is -1.94. The minimum atomic E-state index is -0.471. The SMILES string of the molecule is O=C(/C=C/c1cc(F)ccc1O)c1cccnc1. The first-order valence-corrected chi connectivity index (χ1v) is 5.28. The zero-order chi connectivity index (χ0) is 13.0. The molecule has 0 spiro atoms. The van der Waals surface area contributed by atoms with E-state index >= 15 is 0 Å². The Kier molecular flexibility index (Phi) is 3.48. The highest BCUT2D eigenvalue weighted by Crippen LogP contribution is 2.19. The topological polar surface area (TPSA) is 50.2 Å². The standard InChI is InChI=1S/C14H10FNO2/c15-12-4-6-13(17)10(8-12)3-5-14(18)11-2-1-7-16-9-11/h1-9,17H/b5-3+. The van der Waals surface area contributed by atoms with Crippen LogP contribution in [0, 0.1) is 5.82 Å². The normalized spacial score (nSPS) is 10.7. The van der Waals surface area contributed by atoms with Crippen molar-refractivity contribution in [2.45, 2.75) is 0 Å². The average molecular weight is 243 g/mol. The Balaban J connectivity index is 2.21. The molecule has 4 heteroatoms. The summed E-state index contributed by atoms with van der Waals surface area (Å²) in [6.07, 6.45) is 5.65. The molecule has 0 saturated carbocycles. The van der Waals surface area contributed by atoms with Crippen LogP contribution in [0.4, 0.5) is 4.39 Å². The van der Waals surface area contributed by atoms with Crippen molar-refractivity contribution in [1.82, 2.24) is 4.98 Å². The molecule has 18 heavy (non-hydrogen) atoms. The highest BCUT2D eigenvalue weighted by atomic mass is 19.1. The molecule has 2 rings (SSSR count). The van der Waals surface area contributed by atoms with Gasteiger partial charge in [0.2, 0.25) is 0 Å². The molecule has 1 aromatic carbocycles. The number of aromatic nitrogens is 1. The maximum Gasteiger partial charge on any atom is 0.187 e. The number of hydrogen-bond donors (Lipinski definition) is 1. The molecule has 0 unspecified atom stereocenters. The van der Waals surface area contributed by atoms with Crippen LogP contribution < -0.4 is 0 Å². The van der Waals surface area contributed by atoms with Gasteiger partial charge in [-0.3, -0.25) is 9.78 Å². The van der Waals surface area contributed by atoms with Crippen molar-refractivity contribution in [1.29, 1.82) is 0 Å². The van der Waals surface area contributed by atoms with E-state index in [9.17, 15) is 14.3 Å². The van der Waals surface area contributed by atoms with Crippen molar-refractivity contribution in [3.8, 4) is 5.75 Å². The van der Waals surface area contributed by atoms with Gasteiger partial charge >= 0.3 is 0 Å². The Morgan fingerprint density at radius 3 is 2.89 bits per heavy atom. The van der Waals surface area contributed by atoms with Crippen molar-refractivity contribution in [3.05, 3.63) is 65.7 Å². The molecule has 0 aliphatic carbocycles. The molecule has 90 valence electrons. The molecule has 0 saturated heterocycles. The number of nitrogens with zero attached hydrogens (tertiary/aromatic N) is 1. The molecule has 2 aromatic rings. The minimum absolute atomic E-state index is 0.0772. The summed E-state index contributed by atoms with van der Waals surface area (Å²) in [5.41, 5.74) is 0.692. The van der Waals surface area contributed by atoms with Crippen LogP contribution >= 0.6 is 0 Å². The van der Waals surface area contributed by atoms with E-state index in [1.54, 1.807) is 18.3 Å². The predicted octanol–water partition coefficient (Wildman–Crippen LogP) is 2.82. The molecule has 0 fully saturated rings. The second-order valence-corrected chi connectivity index (χ2v) is 3.64. The van der Waals surface area contributed by atoms with E-state index in [1.165, 1.54) is 24.4 Å². The van der Waals surface area contributed by atoms with Crippen molar-refractivity contribution < 1.29 is 14.3 Å². The number of aromatic hydroxyl groups is 1. The second kappa shape index (κ2) is 5.23. The number of ketones is 1. The summed E-state index contributed by atoms with van der Waals surface area (Å²) in [6, 6.07) is 6.83. The number of rotatable bonds is 3. The number of hydrogen-bond acceptors (Lipinski definition) is 3. The number of carbonyl (C=O) groups is 1. The fourth-order valence-electron chi connectivity index (χ4n) is 1.43. The molecule has 0 aliphatic rings. The Morgan fingerprint density at radius 1 is 1.33 bits per heavy atom. The fraction of sp³-hybridized carbons (Fsp3) is 0. The van der Waals surface area contributed by atoms with Gasteiger partial charge in [-0.05, 0) is 42.5 Å². The van der Waals surface area contributed by atoms with E-state index in [4.69, 9.17) is 0 Å². The lowest BCUT2D eigenvalue weighted by molar-refractivity contribution is 0.104. The van der Waals surface area contributed by atoms with Gasteiger partial charge in [0.05, 0.1) is 0 Å². The number of carbonyl (C=O) groups excluding carboxylic acids is 1. The lowest BCUT2D eigenvalue weighted by Gasteiger charge is -1.98. The molecule has 0 bridgehead atoms. The largest absolute Gasteiger partial charge is 0.507 e. The van der Waals surface area contributed by atoms with E-state index in [0.29, 0.717) is 5.56 Å². The number of pyridine rings is 1. The maximum absolute atomic E-state index is 13.0. The monoisotopic (exact) mass is 243 g/mol. The number of benzene rings is 1. The molecule has 0 amide bonds. The third-order valence-electron chi connectivity index (χ3n) is 2.35. The van der Waals surface area contributed by atoms with Gasteiger partial charge in [-0.15, -0.1) is 0 Å². The van der Waals surface area contributed by atoms with Gasteiger partial charge < -0.3 is 5.11 Å². The van der Waals surface area contributed by atoms with Crippen molar-refractivity contribution in [3.63, 3.8) is 0 Å². The molecule has 1 heterocycles. The molecule has 0 atom stereocenters. The third-order valence-corrected chi connectivity index (χ3v) is 2.35. The number of allylic oxidation sites excluding steroid dienone is 1. The number of phenols is 1. The van der Waals surface area contributed by atoms with E-state index in [2.05, 4.69) is 4.98 Å². The van der Waals surface area contributed by atoms with E-state index in [-0.39, 0.29) is 17.1 Å². The molecule has 1 N–H and O–H groups in total. The highest BCUT2D eigenvalue weighted by Gasteiger charge is 2.03. The van der Waals surface area contributed by atoms with Crippen LogP contribution in [0.5, 0.6) is 5.75 Å². The minimum Gasteiger partial charge on any atom is -0.507 e. The quantitative estimate of drug-likeness (QED) is 0.666. The first-order valence-electron chi connectivity index (χ1n) is 5.28. The van der Waals surface area contributed by atoms with Crippen LogP contribution in [-0.2, 0) is 0 Å². The van der Waals surface area contributed by atoms with Gasteiger partial charge in [-0.1, -0.05) is 0 Å². The average Bonchev–Trinajstić information content (AvgIpc) is 2.40. The smallest absolute Gasteiger partial charge is 0.187 e. The lowest BCUT2D eigenvalue weighted by atomic mass is 10.1. The van der Waals surface area contributed by atoms with Crippen LogP contribution in [0.15, 0.2) is 48.8 Å². The zero-order valence-corrected chi connectivity index (χ0v) is 9.38. The summed E-state index contributed by atoms with van der Waals surface area (Å²) >= 11 is 0. The Bertz CT molecular complexity index is 594. The van der Waals surface area contributed by atoms with Gasteiger partial charge in [0.25, 0.3) is 0 Å². The Morgan fingerprint density at radius 2 is 2.17 bits per heavy atom. The molecule has 3 nitrogen and oxygen atoms in total. The molecule has 1 aromatic heterocycles. The summed E-state index contributed by atoms with van der Waals surface area (Å²) in [5.74, 6) is -0.806. The molecule has 0 radical (unpaired) electrons. The summed E-state index contributed by atoms with van der Waals surface area (Å²) < 4.78 is 13.0. The maximum atomic E-state index is 13.0. The first-order chi connectivity index (χ1) is 8.66. The van der Waals surface area contributed by atoms with Gasteiger partial charge in [-0.25, -0.2) is 4.39 Å². The van der Waals surface area contributed by atoms with Crippen LogP contribution in [0.25, 0.3) is 6.08 Å². The van der Waals surface area contributed by atoms with Gasteiger partial charge in [0, 0.05) is 23.5 Å². The summed E-state index contributed by atoms with van der Waals surface area (Å²) in [7, 11) is 0. The van der Waals surface area contributed by atoms with Gasteiger partial charge in [0.1, 0.15) is 11.6 Å². The Labute approximate surface area is 103 Å². The van der Waals surface area contributed by atoms with Crippen molar-refractivity contribution in [2.24, 2.45) is 0 Å². The number of phenolic OH excluding ortho intramolecular Hbond substituents is 1. The van der Waals surface area contributed by atoms with Gasteiger partial charge in [0.15, 0.2) is 5.78 Å². The van der Waals surface area contributed by atoms with Crippen LogP contribution in [0.1, 0.15) is 15.9 Å². The molecule has 0 aliphatic heterocycles. The third kappa shape index (κ3) is 2.79. The second-order valence-electron chi connectivity index (χ2n) is 3.64. The van der Waals surface area contributed by atoms with E-state index in [0.717, 1.165) is 12.1 Å². The van der Waals surface area contributed by atoms with E-state index < -0.39 is 5.82 Å². The zero-order valence-electron chi connectivity index (χ0n) is 9.38.